The van der Waals surface area contributed by atoms with Gasteiger partial charge in [-0.1, -0.05) is 38.5 Å². The summed E-state index contributed by atoms with van der Waals surface area (Å²) in [6.07, 6.45) is 8.32. The van der Waals surface area contributed by atoms with E-state index in [1.54, 1.807) is 0 Å². The number of hydrogen-bond donors (Lipinski definition) is 2. The van der Waals surface area contributed by atoms with Gasteiger partial charge in [-0.05, 0) is 44.1 Å². The fourth-order valence-electron chi connectivity index (χ4n) is 3.78. The molecule has 0 aliphatic heterocycles. The summed E-state index contributed by atoms with van der Waals surface area (Å²) in [4.78, 5) is 12.0. The number of ketones is 1. The highest BCUT2D eigenvalue weighted by atomic mass is 16.3. The van der Waals surface area contributed by atoms with Gasteiger partial charge in [0, 0.05) is 11.8 Å². The van der Waals surface area contributed by atoms with Crippen molar-refractivity contribution in [3.63, 3.8) is 0 Å². The van der Waals surface area contributed by atoms with E-state index >= 15 is 0 Å². The molecule has 118 valence electrons. The zero-order chi connectivity index (χ0) is 15.6. The summed E-state index contributed by atoms with van der Waals surface area (Å²) in [6, 6.07) is 0. The highest BCUT2D eigenvalue weighted by molar-refractivity contribution is 5.99. The van der Waals surface area contributed by atoms with E-state index in [-0.39, 0.29) is 23.5 Å². The molecule has 2 rings (SSSR count). The number of carbonyl (C=O) groups excluding carboxylic acids is 1. The summed E-state index contributed by atoms with van der Waals surface area (Å²) < 4.78 is 0. The maximum absolute atomic E-state index is 12.0. The first kappa shape index (κ1) is 16.4. The Labute approximate surface area is 127 Å². The molecule has 0 aromatic rings. The van der Waals surface area contributed by atoms with Crippen LogP contribution in [0.5, 0.6) is 0 Å². The summed E-state index contributed by atoms with van der Waals surface area (Å²) in [5.74, 6) is 0.338. The van der Waals surface area contributed by atoms with Gasteiger partial charge in [-0.25, -0.2) is 0 Å². The lowest BCUT2D eigenvalue weighted by Crippen LogP contribution is -2.23. The minimum atomic E-state index is -0.676. The smallest absolute Gasteiger partial charge is 0.161 e. The van der Waals surface area contributed by atoms with Gasteiger partial charge in [0.05, 0.1) is 11.7 Å². The average molecular weight is 292 g/mol. The molecule has 0 heterocycles. The Bertz CT molecular complexity index is 436. The number of hydrogen-bond acceptors (Lipinski definition) is 3. The van der Waals surface area contributed by atoms with Crippen molar-refractivity contribution >= 4 is 5.78 Å². The van der Waals surface area contributed by atoms with Gasteiger partial charge < -0.3 is 10.2 Å². The first-order valence-corrected chi connectivity index (χ1v) is 8.15. The van der Waals surface area contributed by atoms with E-state index in [0.717, 1.165) is 19.3 Å². The molecular weight excluding hydrogens is 264 g/mol. The minimum Gasteiger partial charge on any atom is -0.392 e. The molecule has 5 atom stereocenters. The van der Waals surface area contributed by atoms with Crippen LogP contribution in [-0.4, -0.2) is 27.7 Å². The van der Waals surface area contributed by atoms with Crippen molar-refractivity contribution < 1.29 is 15.0 Å². The molecule has 2 fully saturated rings. The second kappa shape index (κ2) is 6.45. The maximum atomic E-state index is 12.0. The molecule has 21 heavy (non-hydrogen) atoms. The molecule has 3 heteroatoms. The number of rotatable bonds is 6. The Morgan fingerprint density at radius 1 is 1.48 bits per heavy atom. The summed E-state index contributed by atoms with van der Waals surface area (Å²) in [6.45, 7) is 7.81. The maximum Gasteiger partial charge on any atom is 0.161 e. The van der Waals surface area contributed by atoms with Crippen LogP contribution in [0.1, 0.15) is 52.4 Å². The molecular formula is C18H28O3. The Balaban J connectivity index is 1.94. The summed E-state index contributed by atoms with van der Waals surface area (Å²) >= 11 is 0. The molecule has 0 bridgehead atoms. The van der Waals surface area contributed by atoms with Crippen LogP contribution in [0, 0.1) is 17.8 Å². The predicted octanol–water partition coefficient (Wildman–Crippen LogP) is 3.02. The normalized spacial score (nSPS) is 35.4. The fraction of sp³-hybridized carbons (Fsp3) is 0.722. The summed E-state index contributed by atoms with van der Waals surface area (Å²) in [7, 11) is 0. The molecule has 0 saturated heterocycles. The number of aliphatic hydroxyl groups excluding tert-OH is 1. The number of fused-ring (bicyclic) bond motifs is 1. The van der Waals surface area contributed by atoms with Crippen LogP contribution < -0.4 is 0 Å². The van der Waals surface area contributed by atoms with Crippen LogP contribution in [0.4, 0.5) is 0 Å². The van der Waals surface area contributed by atoms with E-state index in [9.17, 15) is 15.0 Å². The number of Topliss-reactive ketones (excluding diaryl/α,β-unsaturated/α-hetero) is 1. The van der Waals surface area contributed by atoms with E-state index in [1.807, 2.05) is 19.1 Å². The average Bonchev–Trinajstić information content (AvgIpc) is 2.86. The van der Waals surface area contributed by atoms with Crippen LogP contribution in [0.3, 0.4) is 0 Å². The quantitative estimate of drug-likeness (QED) is 0.584. The van der Waals surface area contributed by atoms with Crippen LogP contribution in [0.15, 0.2) is 24.3 Å². The van der Waals surface area contributed by atoms with Crippen molar-refractivity contribution in [2.75, 3.05) is 0 Å². The molecule has 0 aromatic carbocycles. The number of unbranched alkanes of at least 4 members (excludes halogenated alkanes) is 1. The van der Waals surface area contributed by atoms with Crippen LogP contribution in [0.2, 0.25) is 0 Å². The lowest BCUT2D eigenvalue weighted by molar-refractivity contribution is -0.118. The van der Waals surface area contributed by atoms with Gasteiger partial charge in [-0.3, -0.25) is 4.79 Å². The van der Waals surface area contributed by atoms with E-state index in [4.69, 9.17) is 0 Å². The zero-order valence-electron chi connectivity index (χ0n) is 13.2. The molecule has 0 aromatic heterocycles. The van der Waals surface area contributed by atoms with Gasteiger partial charge in [0.1, 0.15) is 0 Å². The van der Waals surface area contributed by atoms with E-state index < -0.39 is 11.7 Å². The highest BCUT2D eigenvalue weighted by Crippen LogP contribution is 2.48. The summed E-state index contributed by atoms with van der Waals surface area (Å²) in [5.41, 5.74) is 0.0372. The molecule has 0 amide bonds. The van der Waals surface area contributed by atoms with Gasteiger partial charge in [-0.2, -0.15) is 0 Å². The predicted molar refractivity (Wildman–Crippen MR) is 83.8 cm³/mol. The van der Waals surface area contributed by atoms with E-state index in [1.165, 1.54) is 0 Å². The zero-order valence-corrected chi connectivity index (χ0v) is 13.2. The molecule has 0 unspecified atom stereocenters. The number of carbonyl (C=O) groups is 1. The monoisotopic (exact) mass is 292 g/mol. The first-order valence-electron chi connectivity index (χ1n) is 8.15. The van der Waals surface area contributed by atoms with Crippen LogP contribution in [0.25, 0.3) is 0 Å². The van der Waals surface area contributed by atoms with Crippen molar-refractivity contribution in [3.8, 4) is 0 Å². The van der Waals surface area contributed by atoms with Crippen molar-refractivity contribution in [3.05, 3.63) is 24.3 Å². The minimum absolute atomic E-state index is 0.0279. The van der Waals surface area contributed by atoms with Crippen molar-refractivity contribution in [2.24, 2.45) is 17.8 Å². The standard InChI is InChI=1S/C18H28O3/c1-4-5-8-18(3,21)9-6-7-13-14-10-12(2)17(20)15(14)11-16(13)19/h6-7,13-16,19,21H,2,4-5,8-11H2,1,3H3/t13-,14-,15-,16+,18+/m0/s1. The van der Waals surface area contributed by atoms with Gasteiger partial charge in [0.2, 0.25) is 0 Å². The third kappa shape index (κ3) is 3.64. The largest absolute Gasteiger partial charge is 0.392 e. The van der Waals surface area contributed by atoms with E-state index in [0.29, 0.717) is 24.8 Å². The third-order valence-electron chi connectivity index (χ3n) is 5.10. The molecule has 2 aliphatic rings. The Hall–Kier alpha value is -0.930. The lowest BCUT2D eigenvalue weighted by Gasteiger charge is -2.22. The fourth-order valence-corrected chi connectivity index (χ4v) is 3.78. The molecule has 2 aliphatic carbocycles. The molecule has 3 nitrogen and oxygen atoms in total. The topological polar surface area (TPSA) is 57.5 Å². The highest BCUT2D eigenvalue weighted by Gasteiger charge is 2.49. The molecule has 2 saturated carbocycles. The van der Waals surface area contributed by atoms with Gasteiger partial charge in [0.25, 0.3) is 0 Å². The second-order valence-electron chi connectivity index (χ2n) is 7.06. The lowest BCUT2D eigenvalue weighted by atomic mass is 9.89. The van der Waals surface area contributed by atoms with Crippen LogP contribution in [-0.2, 0) is 4.79 Å². The molecule has 2 N–H and O–H groups in total. The van der Waals surface area contributed by atoms with E-state index in [2.05, 4.69) is 13.5 Å². The van der Waals surface area contributed by atoms with Crippen molar-refractivity contribution in [1.82, 2.24) is 0 Å². The SMILES string of the molecule is C=C1C[C@H]2[C@H](C=CC[C@](C)(O)CCCC)[C@H](O)C[C@@H]2C1=O. The third-order valence-corrected chi connectivity index (χ3v) is 5.10. The number of allylic oxidation sites excluding steroid dienone is 1. The number of aliphatic hydroxyl groups is 2. The second-order valence-corrected chi connectivity index (χ2v) is 7.06. The summed E-state index contributed by atoms with van der Waals surface area (Å²) in [5, 5.41) is 20.4. The van der Waals surface area contributed by atoms with Gasteiger partial charge in [-0.15, -0.1) is 0 Å². The van der Waals surface area contributed by atoms with Gasteiger partial charge in [0.15, 0.2) is 5.78 Å². The van der Waals surface area contributed by atoms with Crippen molar-refractivity contribution in [1.29, 1.82) is 0 Å². The first-order chi connectivity index (χ1) is 9.85. The Morgan fingerprint density at radius 2 is 2.19 bits per heavy atom. The Morgan fingerprint density at radius 3 is 2.86 bits per heavy atom. The van der Waals surface area contributed by atoms with Gasteiger partial charge >= 0.3 is 0 Å². The molecule has 0 radical (unpaired) electrons. The van der Waals surface area contributed by atoms with Crippen molar-refractivity contribution in [2.45, 2.75) is 64.1 Å². The molecule has 0 spiro atoms. The van der Waals surface area contributed by atoms with Crippen LogP contribution >= 0.6 is 0 Å². The Kier molecular flexibility index (Phi) is 5.05.